The molecule has 14 nitrogen and oxygen atoms in total. The topological polar surface area (TPSA) is 151 Å². The van der Waals surface area contributed by atoms with Crippen LogP contribution in [0.15, 0.2) is 49.1 Å². The lowest BCUT2D eigenvalue weighted by molar-refractivity contribution is -0.132. The highest BCUT2D eigenvalue weighted by Gasteiger charge is 2.34. The molecular formula is C35H41N11O3S. The van der Waals surface area contributed by atoms with Crippen molar-refractivity contribution in [3.63, 3.8) is 0 Å². The number of pyridine rings is 2. The summed E-state index contributed by atoms with van der Waals surface area (Å²) in [6.45, 7) is 11.8. The molecule has 0 radical (unpaired) electrons. The molecule has 1 N–H and O–H groups in total. The fraction of sp³-hybridized carbons (Fsp3) is 0.429. The molecule has 5 aromatic heterocycles. The van der Waals surface area contributed by atoms with Crippen LogP contribution in [0, 0.1) is 5.92 Å². The zero-order chi connectivity index (χ0) is 34.8. The second-order valence-corrected chi connectivity index (χ2v) is 13.8. The van der Waals surface area contributed by atoms with E-state index in [0.29, 0.717) is 74.4 Å². The van der Waals surface area contributed by atoms with Crippen LogP contribution in [0.5, 0.6) is 5.88 Å². The van der Waals surface area contributed by atoms with Gasteiger partial charge in [0.1, 0.15) is 28.4 Å². The van der Waals surface area contributed by atoms with Gasteiger partial charge in [0, 0.05) is 56.7 Å². The number of carbonyl (C=O) groups is 2. The Bertz CT molecular complexity index is 2010. The number of fused-ring (bicyclic) bond motifs is 1. The molecule has 0 bridgehead atoms. The quantitative estimate of drug-likeness (QED) is 0.209. The SMILES string of the molecule is CCN(C(=O)[C@@H]1CCN(CC(=O)N2CC=C(c3ncc(-c4ncn(CC)n4)s3)CC2)C1)c1ccc2[nH]nc(-c3ccc(OC(C)C)nc3)c2n1. The van der Waals surface area contributed by atoms with Gasteiger partial charge in [0.2, 0.25) is 17.7 Å². The standard InChI is InChI=1S/C35H41N11O3S/c1-5-45-21-38-33(42-45)27-18-37-34(50-27)23-12-15-44(16-13-23)30(47)20-43-14-11-25(19-43)35(48)46(6-2)28-9-8-26-32(39-28)31(41-40-26)24-7-10-29(36-17-24)49-22(3)4/h7-10,12,17-18,21-22,25H,5-6,11,13-16,19-20H2,1-4H3,(H,40,41)/t25-/m1/s1. The molecule has 0 spiro atoms. The third kappa shape index (κ3) is 7.01. The van der Waals surface area contributed by atoms with Gasteiger partial charge in [-0.25, -0.2) is 19.9 Å². The number of aromatic nitrogens is 8. The van der Waals surface area contributed by atoms with Crippen molar-refractivity contribution >= 4 is 45.6 Å². The molecule has 2 aliphatic heterocycles. The van der Waals surface area contributed by atoms with E-state index < -0.39 is 0 Å². The van der Waals surface area contributed by atoms with Crippen LogP contribution >= 0.6 is 11.3 Å². The lowest BCUT2D eigenvalue weighted by Crippen LogP contribution is -2.42. The summed E-state index contributed by atoms with van der Waals surface area (Å²) in [7, 11) is 0. The molecule has 7 heterocycles. The number of anilines is 1. The smallest absolute Gasteiger partial charge is 0.237 e. The summed E-state index contributed by atoms with van der Waals surface area (Å²) < 4.78 is 7.48. The van der Waals surface area contributed by atoms with Gasteiger partial charge >= 0.3 is 0 Å². The summed E-state index contributed by atoms with van der Waals surface area (Å²) in [4.78, 5) is 52.1. The summed E-state index contributed by atoms with van der Waals surface area (Å²) in [5, 5.41) is 13.0. The van der Waals surface area contributed by atoms with E-state index in [4.69, 9.17) is 9.72 Å². The van der Waals surface area contributed by atoms with Crippen molar-refractivity contribution < 1.29 is 14.3 Å². The Hall–Kier alpha value is -5.02. The van der Waals surface area contributed by atoms with Crippen LogP contribution in [0.4, 0.5) is 5.82 Å². The Balaban J connectivity index is 0.954. The van der Waals surface area contributed by atoms with Crippen LogP contribution in [-0.2, 0) is 16.1 Å². The van der Waals surface area contributed by atoms with Gasteiger partial charge < -0.3 is 9.64 Å². The maximum Gasteiger partial charge on any atom is 0.237 e. The number of rotatable bonds is 11. The van der Waals surface area contributed by atoms with Crippen LogP contribution < -0.4 is 9.64 Å². The van der Waals surface area contributed by atoms with Crippen LogP contribution in [0.1, 0.15) is 45.5 Å². The van der Waals surface area contributed by atoms with Gasteiger partial charge in [-0.15, -0.1) is 11.3 Å². The van der Waals surface area contributed by atoms with Crippen molar-refractivity contribution in [2.24, 2.45) is 5.92 Å². The Morgan fingerprint density at radius 2 is 1.98 bits per heavy atom. The highest BCUT2D eigenvalue weighted by molar-refractivity contribution is 7.16. The van der Waals surface area contributed by atoms with Crippen LogP contribution in [0.25, 0.3) is 38.6 Å². The molecule has 7 rings (SSSR count). The van der Waals surface area contributed by atoms with E-state index in [2.05, 4.69) is 41.2 Å². The monoisotopic (exact) mass is 695 g/mol. The Morgan fingerprint density at radius 3 is 2.70 bits per heavy atom. The highest BCUT2D eigenvalue weighted by Crippen LogP contribution is 2.32. The third-order valence-corrected chi connectivity index (χ3v) is 10.1. The van der Waals surface area contributed by atoms with Crippen molar-refractivity contribution in [3.8, 4) is 27.8 Å². The van der Waals surface area contributed by atoms with Gasteiger partial charge in [-0.3, -0.25) is 29.2 Å². The maximum absolute atomic E-state index is 13.8. The molecule has 2 aliphatic rings. The molecule has 1 fully saturated rings. The van der Waals surface area contributed by atoms with Crippen molar-refractivity contribution in [2.75, 3.05) is 44.2 Å². The molecule has 0 saturated carbocycles. The Kier molecular flexibility index (Phi) is 9.68. The van der Waals surface area contributed by atoms with Gasteiger partial charge in [-0.05, 0) is 70.9 Å². The van der Waals surface area contributed by atoms with Crippen molar-refractivity contribution in [2.45, 2.75) is 53.2 Å². The number of hydrogen-bond donors (Lipinski definition) is 1. The zero-order valence-corrected chi connectivity index (χ0v) is 29.6. The number of aromatic amines is 1. The fourth-order valence-corrected chi connectivity index (χ4v) is 7.29. The summed E-state index contributed by atoms with van der Waals surface area (Å²) >= 11 is 1.58. The van der Waals surface area contributed by atoms with Gasteiger partial charge in [0.25, 0.3) is 0 Å². The Morgan fingerprint density at radius 1 is 1.10 bits per heavy atom. The first kappa shape index (κ1) is 33.5. The highest BCUT2D eigenvalue weighted by atomic mass is 32.1. The van der Waals surface area contributed by atoms with E-state index in [1.807, 2.05) is 63.1 Å². The van der Waals surface area contributed by atoms with Gasteiger partial charge in [-0.2, -0.15) is 10.2 Å². The van der Waals surface area contributed by atoms with E-state index in [-0.39, 0.29) is 23.8 Å². The minimum Gasteiger partial charge on any atom is -0.475 e. The first-order chi connectivity index (χ1) is 24.3. The lowest BCUT2D eigenvalue weighted by atomic mass is 10.1. The van der Waals surface area contributed by atoms with Crippen LogP contribution in [0.2, 0.25) is 0 Å². The predicted molar refractivity (Wildman–Crippen MR) is 191 cm³/mol. The number of thiazole rings is 1. The van der Waals surface area contributed by atoms with Crippen molar-refractivity contribution in [3.05, 3.63) is 54.1 Å². The maximum atomic E-state index is 13.8. The van der Waals surface area contributed by atoms with Crippen molar-refractivity contribution in [1.29, 1.82) is 0 Å². The number of nitrogens with one attached hydrogen (secondary N) is 1. The molecular weight excluding hydrogens is 655 g/mol. The van der Waals surface area contributed by atoms with E-state index >= 15 is 0 Å². The number of ether oxygens (including phenoxy) is 1. The van der Waals surface area contributed by atoms with E-state index in [9.17, 15) is 9.59 Å². The first-order valence-corrected chi connectivity index (χ1v) is 18.0. The van der Waals surface area contributed by atoms with Crippen LogP contribution in [0.3, 0.4) is 0 Å². The number of likely N-dealkylation sites (tertiary alicyclic amines) is 1. The van der Waals surface area contributed by atoms with Gasteiger partial charge in [0.05, 0.1) is 29.0 Å². The number of hydrogen-bond acceptors (Lipinski definition) is 11. The minimum absolute atomic E-state index is 0.0150. The molecule has 1 atom stereocenters. The molecule has 2 amide bonds. The molecule has 1 saturated heterocycles. The molecule has 0 unspecified atom stereocenters. The summed E-state index contributed by atoms with van der Waals surface area (Å²) in [5.74, 6) is 1.68. The second kappa shape index (κ2) is 14.5. The molecule has 260 valence electrons. The summed E-state index contributed by atoms with van der Waals surface area (Å²) in [6.07, 6.45) is 8.83. The number of carbonyl (C=O) groups excluding carboxylic acids is 2. The second-order valence-electron chi connectivity index (χ2n) is 12.8. The van der Waals surface area contributed by atoms with E-state index in [1.165, 1.54) is 0 Å². The minimum atomic E-state index is -0.216. The average molecular weight is 696 g/mol. The van der Waals surface area contributed by atoms with E-state index in [0.717, 1.165) is 39.5 Å². The molecule has 15 heteroatoms. The van der Waals surface area contributed by atoms with E-state index in [1.54, 1.807) is 33.4 Å². The van der Waals surface area contributed by atoms with Gasteiger partial charge in [0.15, 0.2) is 5.82 Å². The summed E-state index contributed by atoms with van der Waals surface area (Å²) in [5.41, 5.74) is 4.04. The largest absolute Gasteiger partial charge is 0.475 e. The molecule has 0 aromatic carbocycles. The van der Waals surface area contributed by atoms with Gasteiger partial charge in [-0.1, -0.05) is 6.08 Å². The number of H-pyrrole nitrogens is 1. The number of nitrogens with zero attached hydrogens (tertiary/aromatic N) is 10. The average Bonchev–Trinajstić information content (AvgIpc) is 3.95. The van der Waals surface area contributed by atoms with Crippen LogP contribution in [-0.4, -0.2) is 107 Å². The fourth-order valence-electron chi connectivity index (χ4n) is 6.37. The molecule has 5 aromatic rings. The molecule has 50 heavy (non-hydrogen) atoms. The first-order valence-electron chi connectivity index (χ1n) is 17.1. The normalized spacial score (nSPS) is 16.7. The molecule has 0 aliphatic carbocycles. The number of amides is 2. The number of aryl methyl sites for hydroxylation is 1. The van der Waals surface area contributed by atoms with Crippen molar-refractivity contribution in [1.82, 2.24) is 49.7 Å². The zero-order valence-electron chi connectivity index (χ0n) is 28.7. The third-order valence-electron chi connectivity index (χ3n) is 9.02. The summed E-state index contributed by atoms with van der Waals surface area (Å²) in [6, 6.07) is 7.47. The predicted octanol–water partition coefficient (Wildman–Crippen LogP) is 4.53. The lowest BCUT2D eigenvalue weighted by Gasteiger charge is -2.28. The Labute approximate surface area is 294 Å².